The Morgan fingerprint density at radius 2 is 1.86 bits per heavy atom. The Morgan fingerprint density at radius 1 is 1.14 bits per heavy atom. The second kappa shape index (κ2) is 8.89. The maximum Gasteiger partial charge on any atom is 0.573 e. The van der Waals surface area contributed by atoms with Crippen molar-refractivity contribution in [3.8, 4) is 5.75 Å². The summed E-state index contributed by atoms with van der Waals surface area (Å²) in [6.07, 6.45) is -4.42. The molecule has 1 aromatic rings. The molecule has 0 spiro atoms. The summed E-state index contributed by atoms with van der Waals surface area (Å²) in [7, 11) is 1.28. The van der Waals surface area contributed by atoms with Crippen LogP contribution < -0.4 is 4.74 Å². The highest BCUT2D eigenvalue weighted by Crippen LogP contribution is 2.34. The SMILES string of the molecule is COC(=O)C1CC(c2cccc(OC(F)(F)F)c2)CN(C(=O)N2CCOCC2)C1. The number of morpholine rings is 1. The lowest BCUT2D eigenvalue weighted by atomic mass is 9.84. The van der Waals surface area contributed by atoms with Crippen molar-refractivity contribution >= 4 is 12.0 Å². The Kier molecular flexibility index (Phi) is 6.51. The topological polar surface area (TPSA) is 68.3 Å². The summed E-state index contributed by atoms with van der Waals surface area (Å²) in [5.74, 6) is -1.66. The standard InChI is InChI=1S/C19H23F3N2O5/c1-27-17(25)15-9-14(13-3-2-4-16(10-13)29-19(20,21)22)11-24(12-15)18(26)23-5-7-28-8-6-23/h2-4,10,14-15H,5-9,11-12H2,1H3. The van der Waals surface area contributed by atoms with Crippen LogP contribution in [0.5, 0.6) is 5.75 Å². The predicted molar refractivity (Wildman–Crippen MR) is 95.4 cm³/mol. The van der Waals surface area contributed by atoms with Gasteiger partial charge in [0, 0.05) is 32.1 Å². The monoisotopic (exact) mass is 416 g/mol. The van der Waals surface area contributed by atoms with Crippen LogP contribution in [0, 0.1) is 5.92 Å². The first-order chi connectivity index (χ1) is 13.8. The number of urea groups is 1. The summed E-state index contributed by atoms with van der Waals surface area (Å²) < 4.78 is 51.8. The zero-order chi connectivity index (χ0) is 21.0. The molecule has 2 aliphatic rings. The zero-order valence-corrected chi connectivity index (χ0v) is 16.0. The number of ether oxygens (including phenoxy) is 3. The molecule has 2 saturated heterocycles. The molecular weight excluding hydrogens is 393 g/mol. The molecule has 0 N–H and O–H groups in total. The van der Waals surface area contributed by atoms with E-state index in [0.717, 1.165) is 0 Å². The van der Waals surface area contributed by atoms with E-state index >= 15 is 0 Å². The zero-order valence-electron chi connectivity index (χ0n) is 16.0. The molecule has 0 radical (unpaired) electrons. The number of likely N-dealkylation sites (tertiary alicyclic amines) is 1. The third-order valence-corrected chi connectivity index (χ3v) is 5.10. The maximum absolute atomic E-state index is 12.9. The van der Waals surface area contributed by atoms with Crippen LogP contribution >= 0.6 is 0 Å². The van der Waals surface area contributed by atoms with Crippen molar-refractivity contribution < 1.29 is 37.0 Å². The summed E-state index contributed by atoms with van der Waals surface area (Å²) >= 11 is 0. The van der Waals surface area contributed by atoms with Crippen molar-refractivity contribution in [1.82, 2.24) is 9.80 Å². The number of benzene rings is 1. The predicted octanol–water partition coefficient (Wildman–Crippen LogP) is 2.62. The van der Waals surface area contributed by atoms with Crippen molar-refractivity contribution in [3.63, 3.8) is 0 Å². The fourth-order valence-electron chi connectivity index (χ4n) is 3.75. The minimum atomic E-state index is -4.79. The summed E-state index contributed by atoms with van der Waals surface area (Å²) in [6, 6.07) is 5.44. The molecule has 160 valence electrons. The smallest absolute Gasteiger partial charge is 0.469 e. The number of carbonyl (C=O) groups excluding carboxylic acids is 2. The van der Waals surface area contributed by atoms with Crippen molar-refractivity contribution in [3.05, 3.63) is 29.8 Å². The van der Waals surface area contributed by atoms with Crippen LogP contribution in [0.1, 0.15) is 17.9 Å². The molecule has 0 saturated carbocycles. The molecule has 3 rings (SSSR count). The molecule has 7 nitrogen and oxygen atoms in total. The average Bonchev–Trinajstić information content (AvgIpc) is 2.72. The van der Waals surface area contributed by atoms with Crippen LogP contribution in [0.15, 0.2) is 24.3 Å². The van der Waals surface area contributed by atoms with Gasteiger partial charge in [0.05, 0.1) is 26.2 Å². The summed E-state index contributed by atoms with van der Waals surface area (Å²) in [5.41, 5.74) is 0.570. The van der Waals surface area contributed by atoms with Crippen LogP contribution in [0.25, 0.3) is 0 Å². The summed E-state index contributed by atoms with van der Waals surface area (Å²) in [5, 5.41) is 0. The number of piperidine rings is 1. The first kappa shape index (κ1) is 21.2. The summed E-state index contributed by atoms with van der Waals surface area (Å²) in [6.45, 7) is 2.30. The lowest BCUT2D eigenvalue weighted by Crippen LogP contribution is -2.53. The largest absolute Gasteiger partial charge is 0.573 e. The number of rotatable bonds is 3. The number of carbonyl (C=O) groups is 2. The highest BCUT2D eigenvalue weighted by Gasteiger charge is 2.37. The normalized spacial score (nSPS) is 22.9. The van der Waals surface area contributed by atoms with Gasteiger partial charge in [-0.25, -0.2) is 4.79 Å². The molecule has 10 heteroatoms. The lowest BCUT2D eigenvalue weighted by Gasteiger charge is -2.40. The van der Waals surface area contributed by atoms with Crippen LogP contribution in [-0.4, -0.2) is 74.7 Å². The Bertz CT molecular complexity index is 737. The van der Waals surface area contributed by atoms with Crippen molar-refractivity contribution in [1.29, 1.82) is 0 Å². The van der Waals surface area contributed by atoms with E-state index in [9.17, 15) is 22.8 Å². The van der Waals surface area contributed by atoms with Crippen molar-refractivity contribution in [2.24, 2.45) is 5.92 Å². The maximum atomic E-state index is 12.9. The molecule has 2 aliphatic heterocycles. The van der Waals surface area contributed by atoms with Gasteiger partial charge in [-0.3, -0.25) is 4.79 Å². The van der Waals surface area contributed by atoms with E-state index in [-0.39, 0.29) is 24.2 Å². The fourth-order valence-corrected chi connectivity index (χ4v) is 3.75. The van der Waals surface area contributed by atoms with Crippen LogP contribution in [0.2, 0.25) is 0 Å². The van der Waals surface area contributed by atoms with Gasteiger partial charge in [-0.2, -0.15) is 0 Å². The van der Waals surface area contributed by atoms with Crippen molar-refractivity contribution in [2.45, 2.75) is 18.7 Å². The first-order valence-corrected chi connectivity index (χ1v) is 9.32. The highest BCUT2D eigenvalue weighted by molar-refractivity contribution is 5.77. The van der Waals surface area contributed by atoms with Crippen LogP contribution in [-0.2, 0) is 14.3 Å². The first-order valence-electron chi connectivity index (χ1n) is 9.32. The Balaban J connectivity index is 1.80. The number of methoxy groups -OCH3 is 1. The van der Waals surface area contributed by atoms with Gasteiger partial charge >= 0.3 is 18.4 Å². The average molecular weight is 416 g/mol. The van der Waals surface area contributed by atoms with Gasteiger partial charge in [-0.1, -0.05) is 12.1 Å². The van der Waals surface area contributed by atoms with Gasteiger partial charge in [0.1, 0.15) is 5.75 Å². The van der Waals surface area contributed by atoms with Gasteiger partial charge in [-0.05, 0) is 24.1 Å². The van der Waals surface area contributed by atoms with Gasteiger partial charge in [0.15, 0.2) is 0 Å². The molecule has 0 aromatic heterocycles. The minimum Gasteiger partial charge on any atom is -0.469 e. The van der Waals surface area contributed by atoms with E-state index in [1.165, 1.54) is 25.3 Å². The Labute approximate surface area is 166 Å². The van der Waals surface area contributed by atoms with E-state index in [1.807, 2.05) is 0 Å². The van der Waals surface area contributed by atoms with E-state index < -0.39 is 18.2 Å². The lowest BCUT2D eigenvalue weighted by molar-refractivity contribution is -0.274. The molecule has 2 atom stereocenters. The van der Waals surface area contributed by atoms with E-state index in [4.69, 9.17) is 9.47 Å². The number of amides is 2. The van der Waals surface area contributed by atoms with E-state index in [2.05, 4.69) is 4.74 Å². The number of hydrogen-bond acceptors (Lipinski definition) is 5. The molecule has 1 aromatic carbocycles. The Morgan fingerprint density at radius 3 is 2.52 bits per heavy atom. The second-order valence-corrected chi connectivity index (χ2v) is 7.06. The molecule has 2 fully saturated rings. The molecule has 0 bridgehead atoms. The number of hydrogen-bond donors (Lipinski definition) is 0. The third kappa shape index (κ3) is 5.53. The molecule has 2 unspecified atom stereocenters. The van der Waals surface area contributed by atoms with Gasteiger partial charge in [0.2, 0.25) is 0 Å². The quantitative estimate of drug-likeness (QED) is 0.709. The van der Waals surface area contributed by atoms with E-state index in [0.29, 0.717) is 44.8 Å². The summed E-state index contributed by atoms with van der Waals surface area (Å²) in [4.78, 5) is 28.3. The van der Waals surface area contributed by atoms with E-state index in [1.54, 1.807) is 15.9 Å². The molecule has 2 heterocycles. The fraction of sp³-hybridized carbons (Fsp3) is 0.579. The number of alkyl halides is 3. The number of halogens is 3. The van der Waals surface area contributed by atoms with Crippen LogP contribution in [0.4, 0.5) is 18.0 Å². The van der Waals surface area contributed by atoms with Gasteiger partial charge in [0.25, 0.3) is 0 Å². The molecule has 0 aliphatic carbocycles. The third-order valence-electron chi connectivity index (χ3n) is 5.10. The highest BCUT2D eigenvalue weighted by atomic mass is 19.4. The molecule has 2 amide bonds. The van der Waals surface area contributed by atoms with Crippen LogP contribution in [0.3, 0.4) is 0 Å². The molecule has 29 heavy (non-hydrogen) atoms. The van der Waals surface area contributed by atoms with Gasteiger partial charge < -0.3 is 24.0 Å². The number of esters is 1. The minimum absolute atomic E-state index is 0.206. The van der Waals surface area contributed by atoms with Gasteiger partial charge in [-0.15, -0.1) is 13.2 Å². The number of nitrogens with zero attached hydrogens (tertiary/aromatic N) is 2. The second-order valence-electron chi connectivity index (χ2n) is 7.06. The van der Waals surface area contributed by atoms with Crippen molar-refractivity contribution in [2.75, 3.05) is 46.5 Å². The Hall–Kier alpha value is -2.49. The molecular formula is C19H23F3N2O5.